The number of ether oxygens (including phenoxy) is 1. The summed E-state index contributed by atoms with van der Waals surface area (Å²) in [4.78, 5) is 0. The quantitative estimate of drug-likeness (QED) is 0.809. The summed E-state index contributed by atoms with van der Waals surface area (Å²) in [5.74, 6) is 0. The highest BCUT2D eigenvalue weighted by molar-refractivity contribution is 6.31. The van der Waals surface area contributed by atoms with Gasteiger partial charge in [0.15, 0.2) is 0 Å². The van der Waals surface area contributed by atoms with E-state index < -0.39 is 0 Å². The van der Waals surface area contributed by atoms with Crippen molar-refractivity contribution in [2.45, 2.75) is 6.04 Å². The molecule has 0 spiro atoms. The summed E-state index contributed by atoms with van der Waals surface area (Å²) in [5, 5.41) is 12.5. The highest BCUT2D eigenvalue weighted by Crippen LogP contribution is 2.21. The molecular weight excluding hydrogens is 200 g/mol. The van der Waals surface area contributed by atoms with E-state index in [4.69, 9.17) is 21.6 Å². The number of anilines is 1. The Morgan fingerprint density at radius 1 is 1.50 bits per heavy atom. The minimum atomic E-state index is 0.364. The Morgan fingerprint density at radius 3 is 2.86 bits per heavy atom. The van der Waals surface area contributed by atoms with Crippen LogP contribution in [0.2, 0.25) is 5.02 Å². The third-order valence-electron chi connectivity index (χ3n) is 2.10. The number of rotatable bonds is 2. The smallest absolute Gasteiger partial charge is 0.101 e. The number of hydrogen-bond acceptors (Lipinski definition) is 3. The van der Waals surface area contributed by atoms with Gasteiger partial charge in [-0.3, -0.25) is 0 Å². The van der Waals surface area contributed by atoms with Crippen LogP contribution in [-0.4, -0.2) is 19.3 Å². The summed E-state index contributed by atoms with van der Waals surface area (Å²) >= 11 is 5.81. The van der Waals surface area contributed by atoms with Crippen molar-refractivity contribution in [2.75, 3.05) is 18.5 Å². The Bertz CT molecular complexity index is 382. The van der Waals surface area contributed by atoms with E-state index in [0.29, 0.717) is 16.6 Å². The Hall–Kier alpha value is -1.24. The van der Waals surface area contributed by atoms with Gasteiger partial charge in [0.05, 0.1) is 29.8 Å². The van der Waals surface area contributed by atoms with E-state index in [1.54, 1.807) is 12.1 Å². The highest BCUT2D eigenvalue weighted by Gasteiger charge is 2.17. The largest absolute Gasteiger partial charge is 0.378 e. The van der Waals surface area contributed by atoms with Crippen LogP contribution in [0.15, 0.2) is 18.2 Å². The van der Waals surface area contributed by atoms with E-state index >= 15 is 0 Å². The van der Waals surface area contributed by atoms with Crippen LogP contribution >= 0.6 is 11.6 Å². The topological polar surface area (TPSA) is 45.0 Å². The summed E-state index contributed by atoms with van der Waals surface area (Å²) < 4.78 is 5.03. The van der Waals surface area contributed by atoms with Crippen molar-refractivity contribution in [3.63, 3.8) is 0 Å². The molecule has 3 nitrogen and oxygen atoms in total. The van der Waals surface area contributed by atoms with E-state index in [9.17, 15) is 0 Å². The lowest BCUT2D eigenvalue weighted by Crippen LogP contribution is -2.40. The Labute approximate surface area is 87.2 Å². The molecule has 0 bridgehead atoms. The number of benzene rings is 1. The molecule has 1 aromatic rings. The van der Waals surface area contributed by atoms with E-state index in [0.717, 1.165) is 18.9 Å². The number of nitrogens with zero attached hydrogens (tertiary/aromatic N) is 1. The number of halogens is 1. The van der Waals surface area contributed by atoms with Crippen molar-refractivity contribution in [3.05, 3.63) is 28.8 Å². The molecule has 0 radical (unpaired) electrons. The van der Waals surface area contributed by atoms with E-state index in [1.165, 1.54) is 0 Å². The molecule has 0 atom stereocenters. The van der Waals surface area contributed by atoms with Crippen LogP contribution in [0, 0.1) is 11.3 Å². The fourth-order valence-electron chi connectivity index (χ4n) is 1.26. The second-order valence-electron chi connectivity index (χ2n) is 3.19. The molecule has 1 saturated heterocycles. The maximum absolute atomic E-state index is 8.76. The highest BCUT2D eigenvalue weighted by atomic mass is 35.5. The lowest BCUT2D eigenvalue weighted by atomic mass is 10.2. The summed E-state index contributed by atoms with van der Waals surface area (Å²) in [6, 6.07) is 7.74. The molecule has 1 aliphatic rings. The molecule has 72 valence electrons. The molecule has 14 heavy (non-hydrogen) atoms. The zero-order valence-electron chi connectivity index (χ0n) is 7.46. The Kier molecular flexibility index (Phi) is 2.58. The molecular formula is C10H9ClN2O. The number of nitriles is 1. The van der Waals surface area contributed by atoms with Crippen molar-refractivity contribution in [1.82, 2.24) is 0 Å². The molecule has 0 aliphatic carbocycles. The number of nitrogens with one attached hydrogen (secondary N) is 1. The average molecular weight is 209 g/mol. The fourth-order valence-corrected chi connectivity index (χ4v) is 1.42. The molecule has 1 N–H and O–H groups in total. The van der Waals surface area contributed by atoms with Crippen molar-refractivity contribution in [3.8, 4) is 6.07 Å². The zero-order chi connectivity index (χ0) is 9.97. The summed E-state index contributed by atoms with van der Waals surface area (Å²) in [6.07, 6.45) is 0. The molecule has 0 unspecified atom stereocenters. The molecule has 2 rings (SSSR count). The Morgan fingerprint density at radius 2 is 2.29 bits per heavy atom. The lowest BCUT2D eigenvalue weighted by molar-refractivity contribution is 0.0211. The minimum Gasteiger partial charge on any atom is -0.378 e. The summed E-state index contributed by atoms with van der Waals surface area (Å²) in [6.45, 7) is 1.45. The van der Waals surface area contributed by atoms with Crippen molar-refractivity contribution in [2.24, 2.45) is 0 Å². The second kappa shape index (κ2) is 3.87. The first-order valence-corrected chi connectivity index (χ1v) is 4.71. The average Bonchev–Trinajstić information content (AvgIpc) is 2.14. The summed E-state index contributed by atoms with van der Waals surface area (Å²) in [5.41, 5.74) is 1.41. The van der Waals surface area contributed by atoms with Gasteiger partial charge in [-0.25, -0.2) is 0 Å². The van der Waals surface area contributed by atoms with Crippen LogP contribution in [0.1, 0.15) is 5.56 Å². The van der Waals surface area contributed by atoms with E-state index in [-0.39, 0.29) is 0 Å². The van der Waals surface area contributed by atoms with Gasteiger partial charge in [0.25, 0.3) is 0 Å². The van der Waals surface area contributed by atoms with Crippen LogP contribution < -0.4 is 5.32 Å². The van der Waals surface area contributed by atoms with Gasteiger partial charge in [-0.15, -0.1) is 0 Å². The molecule has 1 aliphatic heterocycles. The molecule has 1 heterocycles. The van der Waals surface area contributed by atoms with Gasteiger partial charge >= 0.3 is 0 Å². The van der Waals surface area contributed by atoms with Gasteiger partial charge in [0, 0.05) is 5.69 Å². The van der Waals surface area contributed by atoms with Crippen molar-refractivity contribution in [1.29, 1.82) is 5.26 Å². The zero-order valence-corrected chi connectivity index (χ0v) is 8.21. The molecule has 1 fully saturated rings. The van der Waals surface area contributed by atoms with Crippen molar-refractivity contribution < 1.29 is 4.74 Å². The molecule has 1 aromatic carbocycles. The van der Waals surface area contributed by atoms with E-state index in [1.807, 2.05) is 12.1 Å². The van der Waals surface area contributed by atoms with Gasteiger partial charge in [0.1, 0.15) is 6.07 Å². The third kappa shape index (κ3) is 1.82. The van der Waals surface area contributed by atoms with Crippen LogP contribution in [0.4, 0.5) is 5.69 Å². The van der Waals surface area contributed by atoms with Gasteiger partial charge < -0.3 is 10.1 Å². The predicted octanol–water partition coefficient (Wildman–Crippen LogP) is 2.02. The van der Waals surface area contributed by atoms with Gasteiger partial charge in [-0.2, -0.15) is 5.26 Å². The minimum absolute atomic E-state index is 0.364. The first-order valence-electron chi connectivity index (χ1n) is 4.33. The third-order valence-corrected chi connectivity index (χ3v) is 2.43. The lowest BCUT2D eigenvalue weighted by Gasteiger charge is -2.27. The predicted molar refractivity (Wildman–Crippen MR) is 54.4 cm³/mol. The van der Waals surface area contributed by atoms with Gasteiger partial charge in [-0.05, 0) is 18.2 Å². The standard InChI is InChI=1S/C10H9ClN2O/c11-10-2-1-8(3-7(10)4-12)13-9-5-14-6-9/h1-3,9,13H,5-6H2. The SMILES string of the molecule is N#Cc1cc(NC2COC2)ccc1Cl. The molecule has 0 aromatic heterocycles. The van der Waals surface area contributed by atoms with Crippen LogP contribution in [0.5, 0.6) is 0 Å². The Balaban J connectivity index is 2.14. The fraction of sp³-hybridized carbons (Fsp3) is 0.300. The van der Waals surface area contributed by atoms with Crippen LogP contribution in [-0.2, 0) is 4.74 Å². The summed E-state index contributed by atoms with van der Waals surface area (Å²) in [7, 11) is 0. The van der Waals surface area contributed by atoms with Crippen LogP contribution in [0.3, 0.4) is 0 Å². The van der Waals surface area contributed by atoms with Gasteiger partial charge in [-0.1, -0.05) is 11.6 Å². The monoisotopic (exact) mass is 208 g/mol. The van der Waals surface area contributed by atoms with Crippen molar-refractivity contribution >= 4 is 17.3 Å². The van der Waals surface area contributed by atoms with Crippen LogP contribution in [0.25, 0.3) is 0 Å². The molecule has 0 saturated carbocycles. The molecule has 4 heteroatoms. The van der Waals surface area contributed by atoms with Gasteiger partial charge in [0.2, 0.25) is 0 Å². The normalized spacial score (nSPS) is 15.7. The second-order valence-corrected chi connectivity index (χ2v) is 3.59. The number of hydrogen-bond donors (Lipinski definition) is 1. The van der Waals surface area contributed by atoms with E-state index in [2.05, 4.69) is 5.32 Å². The first-order chi connectivity index (χ1) is 6.79. The molecule has 0 amide bonds. The maximum Gasteiger partial charge on any atom is 0.101 e. The maximum atomic E-state index is 8.76. The first kappa shape index (κ1) is 9.32.